The van der Waals surface area contributed by atoms with Gasteiger partial charge in [-0.2, -0.15) is 13.2 Å². The van der Waals surface area contributed by atoms with Gasteiger partial charge in [0.2, 0.25) is 0 Å². The molecule has 10 heteroatoms. The van der Waals surface area contributed by atoms with Gasteiger partial charge in [-0.25, -0.2) is 9.18 Å². The normalized spacial score (nSPS) is 10.9. The number of aliphatic carboxylic acids is 1. The Morgan fingerprint density at radius 1 is 0.944 bits per heavy atom. The zero-order chi connectivity index (χ0) is 26.9. The Bertz CT molecular complexity index is 1160. The lowest BCUT2D eigenvalue weighted by Crippen LogP contribution is -2.22. The number of rotatable bonds is 7. The predicted molar refractivity (Wildman–Crippen MR) is 128 cm³/mol. The molecule has 0 atom stereocenters. The lowest BCUT2D eigenvalue weighted by molar-refractivity contribution is -0.192. The Labute approximate surface area is 205 Å². The molecule has 3 N–H and O–H groups in total. The summed E-state index contributed by atoms with van der Waals surface area (Å²) in [5.74, 6) is -2.55. The first-order chi connectivity index (χ1) is 16.9. The van der Waals surface area contributed by atoms with E-state index in [0.717, 1.165) is 29.0 Å². The summed E-state index contributed by atoms with van der Waals surface area (Å²) in [4.78, 5) is 21.2. The number of amides is 1. The molecule has 0 aliphatic heterocycles. The van der Waals surface area contributed by atoms with Crippen molar-refractivity contribution in [1.82, 2.24) is 5.32 Å². The second-order valence-corrected chi connectivity index (χ2v) is 7.90. The highest BCUT2D eigenvalue weighted by atomic mass is 19.4. The molecular formula is C26H26F4N2O4. The monoisotopic (exact) mass is 506 g/mol. The van der Waals surface area contributed by atoms with Crippen LogP contribution in [0.4, 0.5) is 23.2 Å². The Hall–Kier alpha value is -3.92. The minimum absolute atomic E-state index is 0.274. The van der Waals surface area contributed by atoms with Gasteiger partial charge in [0.05, 0.1) is 7.11 Å². The van der Waals surface area contributed by atoms with Crippen LogP contribution in [0.15, 0.2) is 66.7 Å². The summed E-state index contributed by atoms with van der Waals surface area (Å²) in [5.41, 5.74) is 4.29. The van der Waals surface area contributed by atoms with Crippen molar-refractivity contribution in [2.75, 3.05) is 12.4 Å². The van der Waals surface area contributed by atoms with Crippen molar-refractivity contribution < 1.29 is 37.0 Å². The van der Waals surface area contributed by atoms with E-state index in [1.807, 2.05) is 36.4 Å². The molecule has 0 bridgehead atoms. The molecule has 3 aromatic rings. The maximum atomic E-state index is 13.0. The van der Waals surface area contributed by atoms with Crippen molar-refractivity contribution >= 4 is 17.6 Å². The first-order valence-corrected chi connectivity index (χ1v) is 10.8. The molecule has 36 heavy (non-hydrogen) atoms. The molecule has 6 nitrogen and oxygen atoms in total. The lowest BCUT2D eigenvalue weighted by atomic mass is 10.0. The van der Waals surface area contributed by atoms with Crippen LogP contribution in [0.5, 0.6) is 5.75 Å². The minimum atomic E-state index is -5.08. The standard InChI is InChI=1S/C24H25FN2O2.C2HF3O2/c1-16(2)26-15-20-14-19(8-13-23(20)29-3)17-6-11-22(12-7-17)27-24(28)18-4-9-21(25)10-5-18;3-2(4,5)1(6)7/h4-14,16,26H,15H2,1-3H3,(H,27,28);(H,6,7). The van der Waals surface area contributed by atoms with Crippen molar-refractivity contribution in [1.29, 1.82) is 0 Å². The van der Waals surface area contributed by atoms with Crippen molar-refractivity contribution in [3.63, 3.8) is 0 Å². The molecule has 0 unspecified atom stereocenters. The number of anilines is 1. The average molecular weight is 506 g/mol. The molecule has 0 saturated carbocycles. The van der Waals surface area contributed by atoms with Crippen LogP contribution in [0.25, 0.3) is 11.1 Å². The summed E-state index contributed by atoms with van der Waals surface area (Å²) in [5, 5.41) is 13.4. The first kappa shape index (κ1) is 28.3. The molecule has 1 amide bonds. The van der Waals surface area contributed by atoms with Crippen LogP contribution >= 0.6 is 0 Å². The van der Waals surface area contributed by atoms with Gasteiger partial charge in [-0.15, -0.1) is 0 Å². The van der Waals surface area contributed by atoms with E-state index in [2.05, 4.69) is 30.5 Å². The van der Waals surface area contributed by atoms with E-state index in [4.69, 9.17) is 14.6 Å². The zero-order valence-electron chi connectivity index (χ0n) is 19.8. The number of hydrogen-bond donors (Lipinski definition) is 3. The second-order valence-electron chi connectivity index (χ2n) is 7.90. The number of halogens is 4. The molecule has 3 aromatic carbocycles. The van der Waals surface area contributed by atoms with Gasteiger partial charge in [-0.05, 0) is 59.7 Å². The van der Waals surface area contributed by atoms with Crippen LogP contribution in [-0.2, 0) is 11.3 Å². The number of methoxy groups -OCH3 is 1. The number of carboxylic acids is 1. The van der Waals surface area contributed by atoms with Crippen molar-refractivity contribution in [3.05, 3.63) is 83.7 Å². The average Bonchev–Trinajstić information content (AvgIpc) is 2.83. The Morgan fingerprint density at radius 2 is 1.50 bits per heavy atom. The van der Waals surface area contributed by atoms with Crippen LogP contribution in [0.3, 0.4) is 0 Å². The van der Waals surface area contributed by atoms with E-state index in [0.29, 0.717) is 17.3 Å². The topological polar surface area (TPSA) is 87.7 Å². The van der Waals surface area contributed by atoms with Crippen LogP contribution < -0.4 is 15.4 Å². The van der Waals surface area contributed by atoms with Crippen molar-refractivity contribution in [2.24, 2.45) is 0 Å². The molecular weight excluding hydrogens is 480 g/mol. The molecule has 0 aliphatic carbocycles. The summed E-state index contributed by atoms with van der Waals surface area (Å²) in [6.45, 7) is 4.94. The molecule has 192 valence electrons. The number of ether oxygens (including phenoxy) is 1. The van der Waals surface area contributed by atoms with Crippen molar-refractivity contribution in [3.8, 4) is 16.9 Å². The van der Waals surface area contributed by atoms with Gasteiger partial charge in [0.25, 0.3) is 5.91 Å². The van der Waals surface area contributed by atoms with Crippen LogP contribution in [-0.4, -0.2) is 36.3 Å². The van der Waals surface area contributed by atoms with Gasteiger partial charge in [-0.3, -0.25) is 4.79 Å². The number of benzene rings is 3. The summed E-state index contributed by atoms with van der Waals surface area (Å²) in [7, 11) is 1.67. The number of carbonyl (C=O) groups excluding carboxylic acids is 1. The minimum Gasteiger partial charge on any atom is -0.496 e. The fourth-order valence-electron chi connectivity index (χ4n) is 2.96. The number of alkyl halides is 3. The number of carboxylic acid groups (broad SMARTS) is 1. The highest BCUT2D eigenvalue weighted by Gasteiger charge is 2.38. The van der Waals surface area contributed by atoms with E-state index >= 15 is 0 Å². The smallest absolute Gasteiger partial charge is 0.490 e. The largest absolute Gasteiger partial charge is 0.496 e. The van der Waals surface area contributed by atoms with Crippen LogP contribution in [0.1, 0.15) is 29.8 Å². The maximum absolute atomic E-state index is 13.0. The van der Waals surface area contributed by atoms with E-state index in [-0.39, 0.29) is 11.7 Å². The van der Waals surface area contributed by atoms with Gasteiger partial charge in [0.15, 0.2) is 0 Å². The predicted octanol–water partition coefficient (Wildman–Crippen LogP) is 5.88. The summed E-state index contributed by atoms with van der Waals surface area (Å²) >= 11 is 0. The van der Waals surface area contributed by atoms with E-state index in [1.165, 1.54) is 24.3 Å². The fourth-order valence-corrected chi connectivity index (χ4v) is 2.96. The molecule has 0 spiro atoms. The van der Waals surface area contributed by atoms with E-state index in [9.17, 15) is 22.4 Å². The Morgan fingerprint density at radius 3 is 2.00 bits per heavy atom. The second kappa shape index (κ2) is 12.7. The fraction of sp³-hybridized carbons (Fsp3) is 0.231. The summed E-state index contributed by atoms with van der Waals surface area (Å²) in [6.07, 6.45) is -5.08. The third kappa shape index (κ3) is 8.70. The highest BCUT2D eigenvalue weighted by Crippen LogP contribution is 2.28. The highest BCUT2D eigenvalue weighted by molar-refractivity contribution is 6.04. The van der Waals surface area contributed by atoms with Crippen LogP contribution in [0, 0.1) is 5.82 Å². The Balaban J connectivity index is 0.000000572. The molecule has 3 rings (SSSR count). The molecule has 0 aliphatic rings. The summed E-state index contributed by atoms with van der Waals surface area (Å²) in [6, 6.07) is 19.6. The number of nitrogens with one attached hydrogen (secondary N) is 2. The van der Waals surface area contributed by atoms with Gasteiger partial charge in [0, 0.05) is 29.4 Å². The molecule has 0 saturated heterocycles. The third-order valence-electron chi connectivity index (χ3n) is 4.81. The van der Waals surface area contributed by atoms with Crippen LogP contribution in [0.2, 0.25) is 0 Å². The van der Waals surface area contributed by atoms with Gasteiger partial charge in [-0.1, -0.05) is 32.0 Å². The molecule has 0 fully saturated rings. The van der Waals surface area contributed by atoms with E-state index in [1.54, 1.807) is 7.11 Å². The third-order valence-corrected chi connectivity index (χ3v) is 4.81. The van der Waals surface area contributed by atoms with Crippen molar-refractivity contribution in [2.45, 2.75) is 32.6 Å². The molecule has 0 radical (unpaired) electrons. The quantitative estimate of drug-likeness (QED) is 0.348. The SMILES string of the molecule is COc1ccc(-c2ccc(NC(=O)c3ccc(F)cc3)cc2)cc1CNC(C)C.O=C(O)C(F)(F)F. The Kier molecular flexibility index (Phi) is 9.98. The van der Waals surface area contributed by atoms with E-state index < -0.39 is 12.1 Å². The van der Waals surface area contributed by atoms with Gasteiger partial charge >= 0.3 is 12.1 Å². The maximum Gasteiger partial charge on any atom is 0.490 e. The van der Waals surface area contributed by atoms with Gasteiger partial charge in [0.1, 0.15) is 11.6 Å². The summed E-state index contributed by atoms with van der Waals surface area (Å²) < 4.78 is 50.2. The molecule has 0 heterocycles. The first-order valence-electron chi connectivity index (χ1n) is 10.8. The number of carbonyl (C=O) groups is 2. The zero-order valence-corrected chi connectivity index (χ0v) is 19.8. The van der Waals surface area contributed by atoms with Gasteiger partial charge < -0.3 is 20.5 Å². The lowest BCUT2D eigenvalue weighted by Gasteiger charge is -2.14. The molecule has 0 aromatic heterocycles. The number of hydrogen-bond acceptors (Lipinski definition) is 4.